The van der Waals surface area contributed by atoms with Gasteiger partial charge in [0.25, 0.3) is 0 Å². The zero-order valence-corrected chi connectivity index (χ0v) is 10.2. The highest BCUT2D eigenvalue weighted by Crippen LogP contribution is 2.30. The molecule has 0 aromatic heterocycles. The zero-order chi connectivity index (χ0) is 10.8. The Bertz CT molecular complexity index is 490. The molecular weight excluding hydrogens is 220 g/mol. The van der Waals surface area contributed by atoms with Crippen LogP contribution in [0.15, 0.2) is 52.3 Å². The van der Waals surface area contributed by atoms with Gasteiger partial charge in [-0.25, -0.2) is 0 Å². The van der Waals surface area contributed by atoms with Crippen molar-refractivity contribution in [1.29, 1.82) is 0 Å². The SMILES string of the molecule is Cc1ccc(S)cc1-c1ccccc1S. The van der Waals surface area contributed by atoms with Crippen LogP contribution >= 0.6 is 25.3 Å². The Morgan fingerprint density at radius 2 is 1.60 bits per heavy atom. The van der Waals surface area contributed by atoms with E-state index < -0.39 is 0 Å². The van der Waals surface area contributed by atoms with Gasteiger partial charge in [0.15, 0.2) is 0 Å². The topological polar surface area (TPSA) is 0 Å². The van der Waals surface area contributed by atoms with Crippen molar-refractivity contribution in [2.45, 2.75) is 16.7 Å². The van der Waals surface area contributed by atoms with Crippen molar-refractivity contribution in [2.75, 3.05) is 0 Å². The van der Waals surface area contributed by atoms with Gasteiger partial charge in [-0.2, -0.15) is 0 Å². The van der Waals surface area contributed by atoms with E-state index in [1.807, 2.05) is 24.3 Å². The van der Waals surface area contributed by atoms with Gasteiger partial charge in [-0.3, -0.25) is 0 Å². The van der Waals surface area contributed by atoms with Crippen LogP contribution in [0.25, 0.3) is 11.1 Å². The summed E-state index contributed by atoms with van der Waals surface area (Å²) in [7, 11) is 0. The fourth-order valence-electron chi connectivity index (χ4n) is 1.60. The molecule has 2 heteroatoms. The van der Waals surface area contributed by atoms with E-state index in [0.29, 0.717) is 0 Å². The number of benzene rings is 2. The van der Waals surface area contributed by atoms with Crippen LogP contribution in [-0.4, -0.2) is 0 Å². The average Bonchev–Trinajstić information content (AvgIpc) is 2.23. The van der Waals surface area contributed by atoms with E-state index in [1.54, 1.807) is 0 Å². The Kier molecular flexibility index (Phi) is 3.08. The van der Waals surface area contributed by atoms with E-state index in [9.17, 15) is 0 Å². The van der Waals surface area contributed by atoms with Gasteiger partial charge in [0.05, 0.1) is 0 Å². The molecular formula is C13H12S2. The lowest BCUT2D eigenvalue weighted by atomic mass is 10.0. The van der Waals surface area contributed by atoms with Crippen LogP contribution in [0.2, 0.25) is 0 Å². The second-order valence-electron chi connectivity index (χ2n) is 3.52. The highest BCUT2D eigenvalue weighted by molar-refractivity contribution is 7.80. The first-order valence-electron chi connectivity index (χ1n) is 4.76. The largest absolute Gasteiger partial charge is 0.143 e. The summed E-state index contributed by atoms with van der Waals surface area (Å²) in [6.45, 7) is 2.10. The van der Waals surface area contributed by atoms with Crippen LogP contribution in [0.5, 0.6) is 0 Å². The van der Waals surface area contributed by atoms with E-state index in [2.05, 4.69) is 50.4 Å². The Morgan fingerprint density at radius 1 is 0.867 bits per heavy atom. The molecule has 0 atom stereocenters. The first-order chi connectivity index (χ1) is 7.18. The second kappa shape index (κ2) is 4.33. The number of hydrogen-bond donors (Lipinski definition) is 2. The average molecular weight is 232 g/mol. The number of rotatable bonds is 1. The van der Waals surface area contributed by atoms with Gasteiger partial charge in [-0.05, 0) is 41.8 Å². The molecule has 15 heavy (non-hydrogen) atoms. The molecule has 0 fully saturated rings. The lowest BCUT2D eigenvalue weighted by Crippen LogP contribution is -1.84. The summed E-state index contributed by atoms with van der Waals surface area (Å²) in [6.07, 6.45) is 0. The van der Waals surface area contributed by atoms with Crippen LogP contribution in [-0.2, 0) is 0 Å². The summed E-state index contributed by atoms with van der Waals surface area (Å²) in [6, 6.07) is 14.3. The molecule has 0 aliphatic carbocycles. The van der Waals surface area contributed by atoms with Gasteiger partial charge in [0, 0.05) is 9.79 Å². The molecule has 0 bridgehead atoms. The van der Waals surface area contributed by atoms with E-state index in [4.69, 9.17) is 0 Å². The summed E-state index contributed by atoms with van der Waals surface area (Å²) in [5.74, 6) is 0. The van der Waals surface area contributed by atoms with Crippen LogP contribution < -0.4 is 0 Å². The van der Waals surface area contributed by atoms with Crippen LogP contribution in [0, 0.1) is 6.92 Å². The van der Waals surface area contributed by atoms with Gasteiger partial charge < -0.3 is 0 Å². The minimum absolute atomic E-state index is 0.979. The monoisotopic (exact) mass is 232 g/mol. The summed E-state index contributed by atoms with van der Waals surface area (Å²) in [5, 5.41) is 0. The summed E-state index contributed by atoms with van der Waals surface area (Å²) >= 11 is 8.83. The van der Waals surface area contributed by atoms with Crippen molar-refractivity contribution in [3.05, 3.63) is 48.0 Å². The highest BCUT2D eigenvalue weighted by Gasteiger charge is 2.04. The molecule has 0 nitrogen and oxygen atoms in total. The first-order valence-corrected chi connectivity index (χ1v) is 5.66. The number of hydrogen-bond acceptors (Lipinski definition) is 2. The van der Waals surface area contributed by atoms with Gasteiger partial charge in [0.1, 0.15) is 0 Å². The van der Waals surface area contributed by atoms with Gasteiger partial charge in [-0.15, -0.1) is 25.3 Å². The molecule has 0 amide bonds. The van der Waals surface area contributed by atoms with Crippen molar-refractivity contribution in [1.82, 2.24) is 0 Å². The summed E-state index contributed by atoms with van der Waals surface area (Å²) in [5.41, 5.74) is 3.61. The maximum absolute atomic E-state index is 4.47. The van der Waals surface area contributed by atoms with Gasteiger partial charge >= 0.3 is 0 Å². The third-order valence-electron chi connectivity index (χ3n) is 2.42. The Balaban J connectivity index is 2.64. The molecule has 0 aliphatic heterocycles. The predicted molar refractivity (Wildman–Crippen MR) is 71.1 cm³/mol. The van der Waals surface area contributed by atoms with Crippen molar-refractivity contribution < 1.29 is 0 Å². The van der Waals surface area contributed by atoms with E-state index in [1.165, 1.54) is 11.1 Å². The number of aryl methyl sites for hydroxylation is 1. The van der Waals surface area contributed by atoms with Crippen LogP contribution in [0.1, 0.15) is 5.56 Å². The van der Waals surface area contributed by atoms with Crippen LogP contribution in [0.3, 0.4) is 0 Å². The predicted octanol–water partition coefficient (Wildman–Crippen LogP) is 4.24. The van der Waals surface area contributed by atoms with Crippen molar-refractivity contribution in [2.24, 2.45) is 0 Å². The Labute approximate surface area is 101 Å². The fraction of sp³-hybridized carbons (Fsp3) is 0.0769. The highest BCUT2D eigenvalue weighted by atomic mass is 32.1. The lowest BCUT2D eigenvalue weighted by Gasteiger charge is -2.09. The molecule has 0 radical (unpaired) electrons. The minimum atomic E-state index is 0.979. The molecule has 2 aromatic rings. The molecule has 0 saturated heterocycles. The number of thiol groups is 2. The third-order valence-corrected chi connectivity index (χ3v) is 3.08. The molecule has 0 N–H and O–H groups in total. The quantitative estimate of drug-likeness (QED) is 0.675. The fourth-order valence-corrected chi connectivity index (χ4v) is 2.09. The van der Waals surface area contributed by atoms with Crippen LogP contribution in [0.4, 0.5) is 0 Å². The lowest BCUT2D eigenvalue weighted by molar-refractivity contribution is 1.35. The molecule has 76 valence electrons. The maximum Gasteiger partial charge on any atom is 0.0119 e. The van der Waals surface area contributed by atoms with Crippen molar-refractivity contribution in [3.8, 4) is 11.1 Å². The Morgan fingerprint density at radius 3 is 2.33 bits per heavy atom. The van der Waals surface area contributed by atoms with Crippen molar-refractivity contribution in [3.63, 3.8) is 0 Å². The summed E-state index contributed by atoms with van der Waals surface area (Å²) < 4.78 is 0. The maximum atomic E-state index is 4.47. The van der Waals surface area contributed by atoms with E-state index >= 15 is 0 Å². The normalized spacial score (nSPS) is 10.3. The molecule has 0 aliphatic rings. The first kappa shape index (κ1) is 10.7. The molecule has 0 heterocycles. The minimum Gasteiger partial charge on any atom is -0.143 e. The molecule has 0 saturated carbocycles. The molecule has 2 aromatic carbocycles. The van der Waals surface area contributed by atoms with E-state index in [0.717, 1.165) is 15.4 Å². The molecule has 2 rings (SSSR count). The molecule has 0 unspecified atom stereocenters. The zero-order valence-electron chi connectivity index (χ0n) is 8.44. The smallest absolute Gasteiger partial charge is 0.0119 e. The van der Waals surface area contributed by atoms with E-state index in [-0.39, 0.29) is 0 Å². The van der Waals surface area contributed by atoms with Crippen molar-refractivity contribution >= 4 is 25.3 Å². The van der Waals surface area contributed by atoms with Gasteiger partial charge in [-0.1, -0.05) is 24.3 Å². The molecule has 0 spiro atoms. The Hall–Kier alpha value is -0.860. The second-order valence-corrected chi connectivity index (χ2v) is 4.51. The van der Waals surface area contributed by atoms with Gasteiger partial charge in [0.2, 0.25) is 0 Å². The third kappa shape index (κ3) is 2.21. The standard InChI is InChI=1S/C13H12S2/c1-9-6-7-10(14)8-12(9)11-4-2-3-5-13(11)15/h2-8,14-15H,1H3. The summed E-state index contributed by atoms with van der Waals surface area (Å²) in [4.78, 5) is 1.98.